The van der Waals surface area contributed by atoms with Crippen LogP contribution in [0.4, 0.5) is 10.2 Å². The summed E-state index contributed by atoms with van der Waals surface area (Å²) in [5.41, 5.74) is 0. The van der Waals surface area contributed by atoms with E-state index in [1.807, 2.05) is 4.90 Å². The van der Waals surface area contributed by atoms with Crippen LogP contribution in [-0.4, -0.2) is 17.6 Å². The number of hydrogen-bond donors (Lipinski definition) is 0. The van der Waals surface area contributed by atoms with E-state index in [1.165, 1.54) is 18.7 Å². The Morgan fingerprint density at radius 3 is 3.00 bits per heavy atom. The Morgan fingerprint density at radius 1 is 1.53 bits per heavy atom. The van der Waals surface area contributed by atoms with Gasteiger partial charge in [0.25, 0.3) is 0 Å². The summed E-state index contributed by atoms with van der Waals surface area (Å²) >= 11 is 5.67. The minimum Gasteiger partial charge on any atom is -0.351 e. The van der Waals surface area contributed by atoms with Gasteiger partial charge in [0.05, 0.1) is 5.02 Å². The van der Waals surface area contributed by atoms with E-state index in [9.17, 15) is 4.39 Å². The third kappa shape index (κ3) is 2.23. The molecular weight excluding hydrogens is 215 g/mol. The lowest BCUT2D eigenvalue weighted by Crippen LogP contribution is -2.38. The average Bonchev–Trinajstić information content (AvgIpc) is 2.20. The van der Waals surface area contributed by atoms with Gasteiger partial charge in [-0.25, -0.2) is 9.37 Å². The Labute approximate surface area is 94.1 Å². The van der Waals surface area contributed by atoms with Crippen LogP contribution in [-0.2, 0) is 0 Å². The zero-order valence-corrected chi connectivity index (χ0v) is 9.47. The van der Waals surface area contributed by atoms with Gasteiger partial charge in [0, 0.05) is 18.8 Å². The molecule has 0 aromatic carbocycles. The number of piperidine rings is 1. The van der Waals surface area contributed by atoms with Crippen molar-refractivity contribution in [2.75, 3.05) is 11.4 Å². The molecule has 2 nitrogen and oxygen atoms in total. The summed E-state index contributed by atoms with van der Waals surface area (Å²) in [5.74, 6) is 0.114. The minimum atomic E-state index is -0.323. The average molecular weight is 229 g/mol. The number of anilines is 1. The van der Waals surface area contributed by atoms with Gasteiger partial charge in [-0.2, -0.15) is 0 Å². The van der Waals surface area contributed by atoms with E-state index in [1.54, 1.807) is 0 Å². The number of halogens is 2. The molecule has 0 bridgehead atoms. The lowest BCUT2D eigenvalue weighted by atomic mass is 10.0. The molecule has 1 fully saturated rings. The summed E-state index contributed by atoms with van der Waals surface area (Å²) in [6.07, 6.45) is 4.92. The van der Waals surface area contributed by atoms with Gasteiger partial charge in [-0.3, -0.25) is 0 Å². The van der Waals surface area contributed by atoms with Crippen LogP contribution in [0.2, 0.25) is 5.02 Å². The second kappa shape index (κ2) is 4.35. The molecule has 0 N–H and O–H groups in total. The van der Waals surface area contributed by atoms with Gasteiger partial charge >= 0.3 is 0 Å². The van der Waals surface area contributed by atoms with Crippen LogP contribution < -0.4 is 4.90 Å². The first-order valence-corrected chi connectivity index (χ1v) is 5.64. The Balaban J connectivity index is 2.27. The van der Waals surface area contributed by atoms with E-state index < -0.39 is 0 Å². The topological polar surface area (TPSA) is 16.1 Å². The maximum Gasteiger partial charge on any atom is 0.167 e. The summed E-state index contributed by atoms with van der Waals surface area (Å²) in [6.45, 7) is 2.99. The number of hydrogen-bond acceptors (Lipinski definition) is 2. The summed E-state index contributed by atoms with van der Waals surface area (Å²) < 4.78 is 13.6. The maximum absolute atomic E-state index is 13.6. The number of pyridine rings is 1. The highest BCUT2D eigenvalue weighted by atomic mass is 35.5. The molecule has 1 aliphatic rings. The molecule has 1 aromatic heterocycles. The molecule has 0 aliphatic carbocycles. The number of aromatic nitrogens is 1. The molecule has 1 aromatic rings. The van der Waals surface area contributed by atoms with E-state index in [2.05, 4.69) is 11.9 Å². The minimum absolute atomic E-state index is 0.323. The largest absolute Gasteiger partial charge is 0.351 e. The monoisotopic (exact) mass is 228 g/mol. The van der Waals surface area contributed by atoms with Crippen molar-refractivity contribution in [3.63, 3.8) is 0 Å². The number of nitrogens with zero attached hydrogens (tertiary/aromatic N) is 2. The molecule has 2 heterocycles. The molecule has 1 aliphatic heterocycles. The van der Waals surface area contributed by atoms with Gasteiger partial charge in [0.15, 0.2) is 11.6 Å². The van der Waals surface area contributed by atoms with E-state index in [-0.39, 0.29) is 5.82 Å². The molecule has 0 spiro atoms. The summed E-state index contributed by atoms with van der Waals surface area (Å²) in [5, 5.41) is 0.348. The lowest BCUT2D eigenvalue weighted by Gasteiger charge is -2.34. The third-order valence-electron chi connectivity index (χ3n) is 2.86. The molecule has 0 radical (unpaired) electrons. The van der Waals surface area contributed by atoms with Crippen molar-refractivity contribution in [3.05, 3.63) is 23.1 Å². The molecule has 1 saturated heterocycles. The fraction of sp³-hybridized carbons (Fsp3) is 0.545. The normalized spacial score (nSPS) is 21.8. The van der Waals surface area contributed by atoms with Crippen LogP contribution in [0.15, 0.2) is 12.3 Å². The van der Waals surface area contributed by atoms with Crippen molar-refractivity contribution >= 4 is 17.4 Å². The van der Waals surface area contributed by atoms with Crippen LogP contribution in [0.1, 0.15) is 26.2 Å². The highest BCUT2D eigenvalue weighted by Gasteiger charge is 2.22. The van der Waals surface area contributed by atoms with Crippen molar-refractivity contribution in [1.29, 1.82) is 0 Å². The van der Waals surface area contributed by atoms with Crippen molar-refractivity contribution in [2.45, 2.75) is 32.2 Å². The van der Waals surface area contributed by atoms with E-state index in [4.69, 9.17) is 11.6 Å². The fourth-order valence-electron chi connectivity index (χ4n) is 2.03. The Kier molecular flexibility index (Phi) is 3.10. The van der Waals surface area contributed by atoms with Gasteiger partial charge in [0.1, 0.15) is 0 Å². The quantitative estimate of drug-likeness (QED) is 0.734. The molecule has 0 saturated carbocycles. The predicted octanol–water partition coefficient (Wildman–Crippen LogP) is 3.25. The Bertz CT molecular complexity index is 356. The van der Waals surface area contributed by atoms with E-state index in [0.29, 0.717) is 16.9 Å². The van der Waals surface area contributed by atoms with Crippen LogP contribution in [0.5, 0.6) is 0 Å². The third-order valence-corrected chi connectivity index (χ3v) is 3.07. The highest BCUT2D eigenvalue weighted by molar-refractivity contribution is 6.30. The zero-order chi connectivity index (χ0) is 10.8. The molecule has 4 heteroatoms. The van der Waals surface area contributed by atoms with Gasteiger partial charge in [-0.1, -0.05) is 11.6 Å². The van der Waals surface area contributed by atoms with Gasteiger partial charge in [-0.05, 0) is 32.3 Å². The van der Waals surface area contributed by atoms with Gasteiger partial charge in [-0.15, -0.1) is 0 Å². The summed E-state index contributed by atoms with van der Waals surface area (Å²) in [6, 6.07) is 1.69. The molecule has 0 amide bonds. The summed E-state index contributed by atoms with van der Waals surface area (Å²) in [4.78, 5) is 6.09. The van der Waals surface area contributed by atoms with Crippen LogP contribution >= 0.6 is 11.6 Å². The maximum atomic E-state index is 13.6. The molecule has 15 heavy (non-hydrogen) atoms. The van der Waals surface area contributed by atoms with Crippen molar-refractivity contribution < 1.29 is 4.39 Å². The Hall–Kier alpha value is -0.830. The van der Waals surface area contributed by atoms with E-state index in [0.717, 1.165) is 19.4 Å². The predicted molar refractivity (Wildman–Crippen MR) is 59.9 cm³/mol. The lowest BCUT2D eigenvalue weighted by molar-refractivity contribution is 0.471. The van der Waals surface area contributed by atoms with Crippen molar-refractivity contribution in [2.24, 2.45) is 0 Å². The van der Waals surface area contributed by atoms with Crippen LogP contribution in [0, 0.1) is 5.82 Å². The first-order chi connectivity index (χ1) is 7.18. The van der Waals surface area contributed by atoms with Crippen molar-refractivity contribution in [3.8, 4) is 0 Å². The fourth-order valence-corrected chi connectivity index (χ4v) is 2.18. The second-order valence-electron chi connectivity index (χ2n) is 4.00. The van der Waals surface area contributed by atoms with E-state index >= 15 is 0 Å². The van der Waals surface area contributed by atoms with Gasteiger partial charge < -0.3 is 4.90 Å². The first kappa shape index (κ1) is 10.7. The standard InChI is InChI=1S/C11H14ClFN2/c1-8-4-2-3-5-15(8)11-10(13)6-9(12)7-14-11/h6-8H,2-5H2,1H3. The second-order valence-corrected chi connectivity index (χ2v) is 4.43. The molecule has 82 valence electrons. The van der Waals surface area contributed by atoms with Crippen molar-refractivity contribution in [1.82, 2.24) is 4.98 Å². The van der Waals surface area contributed by atoms with Crippen LogP contribution in [0.25, 0.3) is 0 Å². The summed E-state index contributed by atoms with van der Waals surface area (Å²) in [7, 11) is 0. The number of rotatable bonds is 1. The Morgan fingerprint density at radius 2 is 2.33 bits per heavy atom. The zero-order valence-electron chi connectivity index (χ0n) is 8.71. The molecule has 2 rings (SSSR count). The first-order valence-electron chi connectivity index (χ1n) is 5.26. The smallest absolute Gasteiger partial charge is 0.167 e. The van der Waals surface area contributed by atoms with Crippen LogP contribution in [0.3, 0.4) is 0 Å². The molecular formula is C11H14ClFN2. The molecule has 1 atom stereocenters. The SMILES string of the molecule is CC1CCCCN1c1ncc(Cl)cc1F. The highest BCUT2D eigenvalue weighted by Crippen LogP contribution is 2.26. The molecule has 1 unspecified atom stereocenters. The van der Waals surface area contributed by atoms with Gasteiger partial charge in [0.2, 0.25) is 0 Å².